The molecule has 0 radical (unpaired) electrons. The van der Waals surface area contributed by atoms with Crippen molar-refractivity contribution in [3.05, 3.63) is 99.9 Å². The second-order valence-electron chi connectivity index (χ2n) is 8.50. The third kappa shape index (κ3) is 3.10. The monoisotopic (exact) mass is 447 g/mol. The highest BCUT2D eigenvalue weighted by Crippen LogP contribution is 2.36. The topological polar surface area (TPSA) is 39.1 Å². The van der Waals surface area contributed by atoms with Crippen molar-refractivity contribution in [2.75, 3.05) is 0 Å². The van der Waals surface area contributed by atoms with Crippen molar-refractivity contribution < 1.29 is 9.59 Å². The molecule has 6 rings (SSSR count). The van der Waals surface area contributed by atoms with Gasteiger partial charge < -0.3 is 4.57 Å². The Morgan fingerprint density at radius 1 is 0.848 bits per heavy atom. The smallest absolute Gasteiger partial charge is 0.197 e. The van der Waals surface area contributed by atoms with Gasteiger partial charge in [-0.15, -0.1) is 11.3 Å². The van der Waals surface area contributed by atoms with Gasteiger partial charge in [-0.1, -0.05) is 55.5 Å². The molecule has 1 aliphatic rings. The number of carbonyl (C=O) groups is 2. The summed E-state index contributed by atoms with van der Waals surface area (Å²) >= 11 is 1.61. The number of allylic oxidation sites excluding steroid dienone is 1. The maximum atomic E-state index is 13.1. The van der Waals surface area contributed by atoms with Crippen molar-refractivity contribution >= 4 is 50.0 Å². The summed E-state index contributed by atoms with van der Waals surface area (Å²) in [5.41, 5.74) is 6.02. The first-order valence-electron chi connectivity index (χ1n) is 11.1. The van der Waals surface area contributed by atoms with Crippen LogP contribution in [0.15, 0.2) is 78.4 Å². The van der Waals surface area contributed by atoms with Gasteiger partial charge in [0.05, 0.1) is 15.8 Å². The van der Waals surface area contributed by atoms with Crippen molar-refractivity contribution in [1.82, 2.24) is 4.57 Å². The molecule has 0 atom stereocenters. The quantitative estimate of drug-likeness (QED) is 0.219. The molecule has 4 heteroatoms. The Morgan fingerprint density at radius 3 is 2.06 bits per heavy atom. The molecule has 0 N–H and O–H groups in total. The maximum Gasteiger partial charge on any atom is 0.197 e. The summed E-state index contributed by atoms with van der Waals surface area (Å²) in [5.74, 6) is -0.371. The molecule has 0 saturated carbocycles. The number of hydrogen-bond donors (Lipinski definition) is 0. The molecule has 33 heavy (non-hydrogen) atoms. The summed E-state index contributed by atoms with van der Waals surface area (Å²) in [4.78, 5) is 27.1. The molecule has 0 saturated heterocycles. The van der Waals surface area contributed by atoms with Gasteiger partial charge in [0.25, 0.3) is 0 Å². The largest absolute Gasteiger partial charge is 0.343 e. The number of hydrogen-bond acceptors (Lipinski definition) is 3. The molecule has 2 heterocycles. The average molecular weight is 448 g/mol. The molecule has 0 spiro atoms. The lowest BCUT2D eigenvalue weighted by Gasteiger charge is -2.05. The van der Waals surface area contributed by atoms with E-state index in [1.54, 1.807) is 17.4 Å². The van der Waals surface area contributed by atoms with Crippen LogP contribution in [-0.2, 0) is 13.5 Å². The van der Waals surface area contributed by atoms with Crippen LogP contribution in [0.3, 0.4) is 0 Å². The van der Waals surface area contributed by atoms with E-state index in [0.29, 0.717) is 11.1 Å². The fraction of sp³-hybridized carbons (Fsp3) is 0.103. The number of carbonyl (C=O) groups excluding carboxylic acids is 2. The highest BCUT2D eigenvalue weighted by molar-refractivity contribution is 7.19. The fourth-order valence-electron chi connectivity index (χ4n) is 4.67. The lowest BCUT2D eigenvalue weighted by Crippen LogP contribution is -1.99. The third-order valence-corrected chi connectivity index (χ3v) is 7.58. The van der Waals surface area contributed by atoms with Gasteiger partial charge in [-0.2, -0.15) is 0 Å². The predicted molar refractivity (Wildman–Crippen MR) is 136 cm³/mol. The van der Waals surface area contributed by atoms with E-state index in [2.05, 4.69) is 54.9 Å². The van der Waals surface area contributed by atoms with Crippen molar-refractivity contribution in [2.24, 2.45) is 7.05 Å². The zero-order chi connectivity index (χ0) is 22.7. The van der Waals surface area contributed by atoms with Crippen molar-refractivity contribution in [2.45, 2.75) is 13.3 Å². The Kier molecular flexibility index (Phi) is 4.46. The molecule has 5 aromatic rings. The van der Waals surface area contributed by atoms with Gasteiger partial charge in [0.1, 0.15) is 0 Å². The van der Waals surface area contributed by atoms with Crippen LogP contribution in [0.2, 0.25) is 0 Å². The van der Waals surface area contributed by atoms with E-state index in [4.69, 9.17) is 0 Å². The molecule has 0 aliphatic heterocycles. The average Bonchev–Trinajstić information content (AvgIpc) is 3.45. The number of aryl methyl sites for hydroxylation is 2. The van der Waals surface area contributed by atoms with Gasteiger partial charge in [-0.3, -0.25) is 9.59 Å². The van der Waals surface area contributed by atoms with Crippen LogP contribution < -0.4 is 0 Å². The van der Waals surface area contributed by atoms with Gasteiger partial charge in [0, 0.05) is 28.7 Å². The second kappa shape index (κ2) is 7.39. The van der Waals surface area contributed by atoms with E-state index in [9.17, 15) is 9.59 Å². The summed E-state index contributed by atoms with van der Waals surface area (Å²) in [6.07, 6.45) is 2.79. The van der Waals surface area contributed by atoms with Gasteiger partial charge >= 0.3 is 0 Å². The van der Waals surface area contributed by atoms with Crippen LogP contribution in [0.1, 0.15) is 38.1 Å². The van der Waals surface area contributed by atoms with Crippen molar-refractivity contribution in [3.63, 3.8) is 0 Å². The normalized spacial score (nSPS) is 13.3. The number of rotatable bonds is 3. The fourth-order valence-corrected chi connectivity index (χ4v) is 5.75. The molecule has 0 fully saturated rings. The number of benzene rings is 3. The zero-order valence-corrected chi connectivity index (χ0v) is 19.2. The number of aromatic nitrogens is 1. The van der Waals surface area contributed by atoms with Gasteiger partial charge in [-0.05, 0) is 58.7 Å². The first-order valence-corrected chi connectivity index (χ1v) is 11.9. The van der Waals surface area contributed by atoms with E-state index < -0.39 is 0 Å². The summed E-state index contributed by atoms with van der Waals surface area (Å²) < 4.78 is 3.31. The second-order valence-corrected chi connectivity index (χ2v) is 9.61. The highest BCUT2D eigenvalue weighted by atomic mass is 32.1. The van der Waals surface area contributed by atoms with Gasteiger partial charge in [-0.25, -0.2) is 0 Å². The van der Waals surface area contributed by atoms with Gasteiger partial charge in [0.15, 0.2) is 11.6 Å². The number of fused-ring (bicyclic) bond motifs is 3. The van der Waals surface area contributed by atoms with Crippen molar-refractivity contribution in [1.29, 1.82) is 0 Å². The Balaban J connectivity index is 1.38. The standard InChI is InChI=1S/C29H21NO2S/c1-3-17-8-10-18(11-9-17)25-16-27-26(30(25)2)15-21(33-27)14-24-28(31)22-12-19-6-4-5-7-20(19)13-23(22)29(24)32/h4-16H,3H2,1-2H3. The molecule has 3 aromatic carbocycles. The maximum absolute atomic E-state index is 13.1. The highest BCUT2D eigenvalue weighted by Gasteiger charge is 2.33. The Bertz CT molecular complexity index is 1570. The van der Waals surface area contributed by atoms with E-state index in [-0.39, 0.29) is 17.1 Å². The molecule has 2 aromatic heterocycles. The first-order chi connectivity index (χ1) is 16.0. The Morgan fingerprint density at radius 2 is 1.48 bits per heavy atom. The number of Topliss-reactive ketones (excluding diaryl/α,β-unsaturated/α-hetero) is 2. The van der Waals surface area contributed by atoms with Crippen LogP contribution in [-0.4, -0.2) is 16.1 Å². The Hall–Kier alpha value is -3.76. The summed E-state index contributed by atoms with van der Waals surface area (Å²) in [7, 11) is 2.06. The third-order valence-electron chi connectivity index (χ3n) is 6.56. The lowest BCUT2D eigenvalue weighted by molar-refractivity contribution is 0.0990. The van der Waals surface area contributed by atoms with E-state index in [1.807, 2.05) is 36.4 Å². The van der Waals surface area contributed by atoms with Gasteiger partial charge in [0.2, 0.25) is 0 Å². The number of ketones is 2. The van der Waals surface area contributed by atoms with Crippen molar-refractivity contribution in [3.8, 4) is 11.3 Å². The zero-order valence-electron chi connectivity index (χ0n) is 18.4. The van der Waals surface area contributed by atoms with Crippen LogP contribution in [0.25, 0.3) is 38.3 Å². The minimum absolute atomic E-state index is 0.185. The lowest BCUT2D eigenvalue weighted by atomic mass is 10.0. The number of thiophene rings is 1. The van der Waals surface area contributed by atoms with Crippen LogP contribution in [0, 0.1) is 0 Å². The molecule has 0 amide bonds. The molecule has 3 nitrogen and oxygen atoms in total. The van der Waals surface area contributed by atoms with E-state index >= 15 is 0 Å². The van der Waals surface area contributed by atoms with Crippen LogP contribution >= 0.6 is 11.3 Å². The molecule has 1 aliphatic carbocycles. The predicted octanol–water partition coefficient (Wildman–Crippen LogP) is 7.09. The number of nitrogens with zero attached hydrogens (tertiary/aromatic N) is 1. The first kappa shape index (κ1) is 19.9. The molecule has 160 valence electrons. The van der Waals surface area contributed by atoms with Crippen LogP contribution in [0.5, 0.6) is 0 Å². The molecule has 0 unspecified atom stereocenters. The SMILES string of the molecule is CCc1ccc(-c2cc3sc(C=C4C(=O)c5cc6ccccc6cc5C4=O)cc3n2C)cc1. The Labute approximate surface area is 195 Å². The minimum Gasteiger partial charge on any atom is -0.343 e. The van der Waals surface area contributed by atoms with E-state index in [1.165, 1.54) is 11.1 Å². The van der Waals surface area contributed by atoms with Crippen LogP contribution in [0.4, 0.5) is 0 Å². The summed E-state index contributed by atoms with van der Waals surface area (Å²) in [5, 5.41) is 1.94. The van der Waals surface area contributed by atoms with E-state index in [0.717, 1.165) is 38.0 Å². The molecular weight excluding hydrogens is 426 g/mol. The summed E-state index contributed by atoms with van der Waals surface area (Å²) in [6.45, 7) is 2.16. The molecule has 0 bridgehead atoms. The minimum atomic E-state index is -0.185. The molecular formula is C29H21NO2S. The summed E-state index contributed by atoms with van der Waals surface area (Å²) in [6, 6.07) is 24.4.